The fourth-order valence-electron chi connectivity index (χ4n) is 3.05. The molecule has 0 saturated carbocycles. The summed E-state index contributed by atoms with van der Waals surface area (Å²) in [7, 11) is 1.57. The first-order valence-electron chi connectivity index (χ1n) is 9.49. The molecule has 8 heteroatoms. The summed E-state index contributed by atoms with van der Waals surface area (Å²) in [4.78, 5) is 12.6. The van der Waals surface area contributed by atoms with Gasteiger partial charge in [-0.05, 0) is 30.3 Å². The fraction of sp³-hybridized carbons (Fsp3) is 0.0870. The molecule has 156 valence electrons. The highest BCUT2D eigenvalue weighted by atomic mass is 79.9. The molecule has 0 unspecified atom stereocenters. The molecule has 0 bridgehead atoms. The van der Waals surface area contributed by atoms with Crippen molar-refractivity contribution in [2.24, 2.45) is 0 Å². The molecule has 0 saturated heterocycles. The second kappa shape index (κ2) is 9.80. The van der Waals surface area contributed by atoms with E-state index in [0.717, 1.165) is 15.7 Å². The van der Waals surface area contributed by atoms with Crippen molar-refractivity contribution in [3.05, 3.63) is 83.3 Å². The van der Waals surface area contributed by atoms with Crippen LogP contribution in [0.25, 0.3) is 17.1 Å². The van der Waals surface area contributed by atoms with E-state index in [4.69, 9.17) is 4.74 Å². The van der Waals surface area contributed by atoms with E-state index >= 15 is 0 Å². The van der Waals surface area contributed by atoms with Gasteiger partial charge < -0.3 is 10.1 Å². The lowest BCUT2D eigenvalue weighted by atomic mass is 10.2. The van der Waals surface area contributed by atoms with Gasteiger partial charge in [0, 0.05) is 15.7 Å². The van der Waals surface area contributed by atoms with Gasteiger partial charge in [0.2, 0.25) is 5.91 Å². The van der Waals surface area contributed by atoms with E-state index in [0.29, 0.717) is 22.4 Å². The van der Waals surface area contributed by atoms with Gasteiger partial charge in [0.05, 0.1) is 18.6 Å². The topological polar surface area (TPSA) is 69.0 Å². The molecule has 0 fully saturated rings. The average molecular weight is 495 g/mol. The van der Waals surface area contributed by atoms with Gasteiger partial charge in [-0.2, -0.15) is 0 Å². The molecular formula is C23H19BrN4O2S. The molecule has 0 aliphatic carbocycles. The highest BCUT2D eigenvalue weighted by Crippen LogP contribution is 2.32. The highest BCUT2D eigenvalue weighted by molar-refractivity contribution is 9.10. The molecule has 1 heterocycles. The van der Waals surface area contributed by atoms with E-state index < -0.39 is 0 Å². The Balaban J connectivity index is 1.60. The van der Waals surface area contributed by atoms with Crippen LogP contribution in [0.1, 0.15) is 0 Å². The molecule has 3 aromatic carbocycles. The minimum Gasteiger partial charge on any atom is -0.495 e. The molecule has 1 amide bonds. The van der Waals surface area contributed by atoms with Crippen LogP contribution < -0.4 is 10.1 Å². The zero-order valence-corrected chi connectivity index (χ0v) is 19.1. The Bertz CT molecular complexity index is 1200. The number of rotatable bonds is 7. The Hall–Kier alpha value is -3.10. The van der Waals surface area contributed by atoms with Gasteiger partial charge in [-0.3, -0.25) is 9.36 Å². The van der Waals surface area contributed by atoms with Gasteiger partial charge in [-0.25, -0.2) is 0 Å². The lowest BCUT2D eigenvalue weighted by Gasteiger charge is -2.12. The van der Waals surface area contributed by atoms with Gasteiger partial charge in [-0.1, -0.05) is 76.2 Å². The van der Waals surface area contributed by atoms with E-state index in [2.05, 4.69) is 31.4 Å². The number of carbonyl (C=O) groups is 1. The van der Waals surface area contributed by atoms with Crippen molar-refractivity contribution < 1.29 is 9.53 Å². The predicted molar refractivity (Wildman–Crippen MR) is 127 cm³/mol. The molecule has 0 aliphatic rings. The molecule has 1 N–H and O–H groups in total. The Morgan fingerprint density at radius 1 is 1.00 bits per heavy atom. The number of benzene rings is 3. The third kappa shape index (κ3) is 4.81. The van der Waals surface area contributed by atoms with Crippen molar-refractivity contribution in [2.75, 3.05) is 18.2 Å². The summed E-state index contributed by atoms with van der Waals surface area (Å²) in [6.45, 7) is 0. The first-order chi connectivity index (χ1) is 15.2. The maximum absolute atomic E-state index is 12.6. The van der Waals surface area contributed by atoms with E-state index in [1.54, 1.807) is 19.2 Å². The smallest absolute Gasteiger partial charge is 0.234 e. The zero-order valence-electron chi connectivity index (χ0n) is 16.7. The number of methoxy groups -OCH3 is 1. The maximum Gasteiger partial charge on any atom is 0.234 e. The van der Waals surface area contributed by atoms with Crippen LogP contribution in [0.2, 0.25) is 0 Å². The third-order valence-electron chi connectivity index (χ3n) is 4.48. The molecule has 0 radical (unpaired) electrons. The van der Waals surface area contributed by atoms with Crippen molar-refractivity contribution in [3.8, 4) is 22.8 Å². The van der Waals surface area contributed by atoms with Crippen LogP contribution >= 0.6 is 27.7 Å². The quantitative estimate of drug-likeness (QED) is 0.346. The first-order valence-corrected chi connectivity index (χ1v) is 11.3. The highest BCUT2D eigenvalue weighted by Gasteiger charge is 2.19. The number of hydrogen-bond donors (Lipinski definition) is 1. The predicted octanol–water partition coefficient (Wildman–Crippen LogP) is 5.44. The number of amides is 1. The van der Waals surface area contributed by atoms with Crippen LogP contribution in [0.3, 0.4) is 0 Å². The lowest BCUT2D eigenvalue weighted by Crippen LogP contribution is -2.15. The summed E-state index contributed by atoms with van der Waals surface area (Å²) in [5.74, 6) is 1.34. The number of para-hydroxylation sites is 3. The Kier molecular flexibility index (Phi) is 6.69. The summed E-state index contributed by atoms with van der Waals surface area (Å²) >= 11 is 4.92. The minimum atomic E-state index is -0.153. The van der Waals surface area contributed by atoms with Crippen LogP contribution in [-0.4, -0.2) is 33.5 Å². The van der Waals surface area contributed by atoms with Crippen molar-refractivity contribution in [2.45, 2.75) is 5.16 Å². The van der Waals surface area contributed by atoms with Gasteiger partial charge >= 0.3 is 0 Å². The van der Waals surface area contributed by atoms with Crippen LogP contribution in [0.4, 0.5) is 5.69 Å². The van der Waals surface area contributed by atoms with Crippen LogP contribution in [-0.2, 0) is 4.79 Å². The van der Waals surface area contributed by atoms with Crippen LogP contribution in [0, 0.1) is 0 Å². The summed E-state index contributed by atoms with van der Waals surface area (Å²) in [5.41, 5.74) is 2.48. The molecule has 0 spiro atoms. The zero-order chi connectivity index (χ0) is 21.6. The number of aromatic nitrogens is 3. The van der Waals surface area contributed by atoms with Gasteiger partial charge in [0.15, 0.2) is 11.0 Å². The number of ether oxygens (including phenoxy) is 1. The monoisotopic (exact) mass is 494 g/mol. The molecule has 6 nitrogen and oxygen atoms in total. The van der Waals surface area contributed by atoms with Crippen molar-refractivity contribution in [3.63, 3.8) is 0 Å². The number of carbonyl (C=O) groups excluding carboxylic acids is 1. The van der Waals surface area contributed by atoms with Crippen molar-refractivity contribution in [1.82, 2.24) is 14.8 Å². The largest absolute Gasteiger partial charge is 0.495 e. The standard InChI is InChI=1S/C23H19BrN4O2S/c1-30-20-14-8-7-13-19(20)25-21(29)15-31-23-27-26-22(17-11-5-6-12-18(17)24)28(23)16-9-3-2-4-10-16/h2-14H,15H2,1H3,(H,25,29). The third-order valence-corrected chi connectivity index (χ3v) is 6.10. The molecule has 1 aromatic heterocycles. The Morgan fingerprint density at radius 2 is 1.71 bits per heavy atom. The van der Waals surface area contributed by atoms with Crippen molar-refractivity contribution >= 4 is 39.3 Å². The minimum absolute atomic E-state index is 0.153. The second-order valence-electron chi connectivity index (χ2n) is 6.49. The molecule has 31 heavy (non-hydrogen) atoms. The molecule has 4 rings (SSSR count). The molecular weight excluding hydrogens is 476 g/mol. The summed E-state index contributed by atoms with van der Waals surface area (Å²) in [6.07, 6.45) is 0. The van der Waals surface area contributed by atoms with E-state index in [9.17, 15) is 4.79 Å². The molecule has 4 aromatic rings. The van der Waals surface area contributed by atoms with E-state index in [-0.39, 0.29) is 11.7 Å². The van der Waals surface area contributed by atoms with Gasteiger partial charge in [-0.15, -0.1) is 10.2 Å². The SMILES string of the molecule is COc1ccccc1NC(=O)CSc1nnc(-c2ccccc2Br)n1-c1ccccc1. The maximum atomic E-state index is 12.6. The number of nitrogens with one attached hydrogen (secondary N) is 1. The van der Waals surface area contributed by atoms with E-state index in [1.807, 2.05) is 71.3 Å². The summed E-state index contributed by atoms with van der Waals surface area (Å²) < 4.78 is 8.18. The summed E-state index contributed by atoms with van der Waals surface area (Å²) in [6, 6.07) is 25.0. The fourth-order valence-corrected chi connectivity index (χ4v) is 4.27. The molecule has 0 aliphatic heterocycles. The lowest BCUT2D eigenvalue weighted by molar-refractivity contribution is -0.113. The van der Waals surface area contributed by atoms with Gasteiger partial charge in [0.1, 0.15) is 5.75 Å². The van der Waals surface area contributed by atoms with Gasteiger partial charge in [0.25, 0.3) is 0 Å². The average Bonchev–Trinajstić information content (AvgIpc) is 3.22. The number of halogens is 1. The number of anilines is 1. The molecule has 0 atom stereocenters. The van der Waals surface area contributed by atoms with Crippen LogP contribution in [0.15, 0.2) is 88.5 Å². The number of nitrogens with zero attached hydrogens (tertiary/aromatic N) is 3. The number of hydrogen-bond acceptors (Lipinski definition) is 5. The summed E-state index contributed by atoms with van der Waals surface area (Å²) in [5, 5.41) is 12.3. The Morgan fingerprint density at radius 3 is 2.48 bits per heavy atom. The normalized spacial score (nSPS) is 10.6. The van der Waals surface area contributed by atoms with E-state index in [1.165, 1.54) is 11.8 Å². The number of thioether (sulfide) groups is 1. The first kappa shape index (κ1) is 21.1. The van der Waals surface area contributed by atoms with Crippen LogP contribution in [0.5, 0.6) is 5.75 Å². The Labute approximate surface area is 192 Å². The van der Waals surface area contributed by atoms with Crippen molar-refractivity contribution in [1.29, 1.82) is 0 Å². The second-order valence-corrected chi connectivity index (χ2v) is 8.29.